The van der Waals surface area contributed by atoms with Crippen LogP contribution in [0.2, 0.25) is 0 Å². The summed E-state index contributed by atoms with van der Waals surface area (Å²) in [4.78, 5) is 0. The Balaban J connectivity index is 1.57. The third kappa shape index (κ3) is 5.92. The van der Waals surface area contributed by atoms with Crippen molar-refractivity contribution in [1.82, 2.24) is 17.6 Å². The third-order valence-electron chi connectivity index (χ3n) is 6.79. The van der Waals surface area contributed by atoms with E-state index in [1.54, 1.807) is 14.1 Å². The van der Waals surface area contributed by atoms with Gasteiger partial charge in [0.2, 0.25) is 0 Å². The summed E-state index contributed by atoms with van der Waals surface area (Å²) in [5, 5.41) is 0. The van der Waals surface area contributed by atoms with Gasteiger partial charge >= 0.3 is 0 Å². The molecule has 3 rings (SSSR count). The molecule has 0 aromatic carbocycles. The van der Waals surface area contributed by atoms with Crippen LogP contribution in [0.4, 0.5) is 0 Å². The van der Waals surface area contributed by atoms with E-state index in [9.17, 15) is 16.8 Å². The normalized spacial score (nSPS) is 23.3. The maximum atomic E-state index is 13.2. The molecule has 10 heteroatoms. The van der Waals surface area contributed by atoms with Crippen LogP contribution >= 0.6 is 0 Å². The van der Waals surface area contributed by atoms with Gasteiger partial charge in [0.25, 0.3) is 20.4 Å². The maximum absolute atomic E-state index is 13.2. The smallest absolute Gasteiger partial charge is 0.201 e. The van der Waals surface area contributed by atoms with Gasteiger partial charge in [0.1, 0.15) is 0 Å². The molecule has 3 fully saturated rings. The zero-order valence-corrected chi connectivity index (χ0v) is 19.6. The predicted molar refractivity (Wildman–Crippen MR) is 115 cm³/mol. The zero-order valence-electron chi connectivity index (χ0n) is 17.9. The van der Waals surface area contributed by atoms with Gasteiger partial charge in [-0.2, -0.15) is 29.8 Å². The second kappa shape index (κ2) is 9.91. The summed E-state index contributed by atoms with van der Waals surface area (Å²) in [6.07, 6.45) is 11.9. The largest absolute Gasteiger partial charge is 0.282 e. The van der Waals surface area contributed by atoms with Gasteiger partial charge in [0.05, 0.1) is 0 Å². The van der Waals surface area contributed by atoms with Gasteiger partial charge in [-0.25, -0.2) is 4.72 Å². The SMILES string of the molecule is CN(C1CCCCC1)S(=O)(=O)NCCN(C1CC1)S(=O)(=O)N(C)C1CCCCC1. The first-order valence-electron chi connectivity index (χ1n) is 11.2. The summed E-state index contributed by atoms with van der Waals surface area (Å²) >= 11 is 0. The molecule has 1 N–H and O–H groups in total. The first-order chi connectivity index (χ1) is 13.7. The highest BCUT2D eigenvalue weighted by Gasteiger charge is 2.41. The molecule has 3 aliphatic rings. The van der Waals surface area contributed by atoms with Crippen LogP contribution in [0, 0.1) is 0 Å². The van der Waals surface area contributed by atoms with E-state index < -0.39 is 20.4 Å². The Kier molecular flexibility index (Phi) is 8.00. The number of rotatable bonds is 10. The maximum Gasteiger partial charge on any atom is 0.282 e. The van der Waals surface area contributed by atoms with Crippen molar-refractivity contribution in [3.63, 3.8) is 0 Å². The van der Waals surface area contributed by atoms with Gasteiger partial charge in [-0.05, 0) is 38.5 Å². The van der Waals surface area contributed by atoms with Crippen LogP contribution in [-0.2, 0) is 20.4 Å². The molecule has 0 saturated heterocycles. The van der Waals surface area contributed by atoms with E-state index in [4.69, 9.17) is 0 Å². The van der Waals surface area contributed by atoms with Crippen molar-refractivity contribution < 1.29 is 16.8 Å². The summed E-state index contributed by atoms with van der Waals surface area (Å²) < 4.78 is 58.9. The van der Waals surface area contributed by atoms with Crippen LogP contribution in [0.3, 0.4) is 0 Å². The van der Waals surface area contributed by atoms with Gasteiger partial charge in [-0.15, -0.1) is 0 Å². The summed E-state index contributed by atoms with van der Waals surface area (Å²) in [6.45, 7) is 0.287. The van der Waals surface area contributed by atoms with Crippen molar-refractivity contribution in [2.75, 3.05) is 27.2 Å². The zero-order chi connectivity index (χ0) is 21.1. The standard InChI is InChI=1S/C19H38N4O4S2/c1-21(17-9-5-3-6-10-17)28(24,25)20-15-16-23(19-13-14-19)29(26,27)22(2)18-11-7-4-8-12-18/h17-20H,3-16H2,1-2H3. The molecular weight excluding hydrogens is 412 g/mol. The molecule has 0 aromatic rings. The molecule has 0 bridgehead atoms. The number of nitrogens with one attached hydrogen (secondary N) is 1. The lowest BCUT2D eigenvalue weighted by molar-refractivity contribution is 0.260. The Bertz CT molecular complexity index is 727. The Hall–Kier alpha value is -0.260. The molecule has 0 atom stereocenters. The van der Waals surface area contributed by atoms with Crippen molar-refractivity contribution >= 4 is 20.4 Å². The van der Waals surface area contributed by atoms with Crippen LogP contribution in [-0.4, -0.2) is 75.1 Å². The van der Waals surface area contributed by atoms with Crippen molar-refractivity contribution in [3.05, 3.63) is 0 Å². The lowest BCUT2D eigenvalue weighted by Crippen LogP contribution is -2.51. The van der Waals surface area contributed by atoms with E-state index in [2.05, 4.69) is 4.72 Å². The minimum Gasteiger partial charge on any atom is -0.201 e. The molecule has 0 amide bonds. The number of nitrogens with zero attached hydrogens (tertiary/aromatic N) is 3. The molecule has 0 radical (unpaired) electrons. The highest BCUT2D eigenvalue weighted by atomic mass is 32.2. The van der Waals surface area contributed by atoms with Crippen LogP contribution in [0.1, 0.15) is 77.0 Å². The quantitative estimate of drug-likeness (QED) is 0.552. The molecule has 8 nitrogen and oxygen atoms in total. The minimum absolute atomic E-state index is 0.00613. The van der Waals surface area contributed by atoms with Crippen molar-refractivity contribution in [3.8, 4) is 0 Å². The summed E-state index contributed by atoms with van der Waals surface area (Å²) in [5.41, 5.74) is 0. The van der Waals surface area contributed by atoms with E-state index in [-0.39, 0.29) is 31.2 Å². The fourth-order valence-electron chi connectivity index (χ4n) is 4.67. The Labute approximate surface area is 177 Å². The average Bonchev–Trinajstić information content (AvgIpc) is 3.56. The molecular formula is C19H38N4O4S2. The molecule has 3 aliphatic carbocycles. The van der Waals surface area contributed by atoms with Crippen LogP contribution in [0.25, 0.3) is 0 Å². The number of hydrogen-bond donors (Lipinski definition) is 1. The Morgan fingerprint density at radius 3 is 1.66 bits per heavy atom. The topological polar surface area (TPSA) is 90.0 Å². The molecule has 0 spiro atoms. The molecule has 0 aliphatic heterocycles. The fourth-order valence-corrected chi connectivity index (χ4v) is 7.66. The number of hydrogen-bond acceptors (Lipinski definition) is 4. The molecule has 170 valence electrons. The Morgan fingerprint density at radius 1 is 0.690 bits per heavy atom. The second-order valence-electron chi connectivity index (χ2n) is 8.87. The predicted octanol–water partition coefficient (Wildman–Crippen LogP) is 2.06. The summed E-state index contributed by atoms with van der Waals surface area (Å²) in [6, 6.07) is 0.109. The second-order valence-corrected chi connectivity index (χ2v) is 12.6. The molecule has 29 heavy (non-hydrogen) atoms. The van der Waals surface area contributed by atoms with E-state index in [0.29, 0.717) is 0 Å². The fraction of sp³-hybridized carbons (Fsp3) is 1.00. The van der Waals surface area contributed by atoms with Crippen LogP contribution in [0.15, 0.2) is 0 Å². The van der Waals surface area contributed by atoms with Gasteiger partial charge in [0, 0.05) is 45.3 Å². The molecule has 3 saturated carbocycles. The summed E-state index contributed by atoms with van der Waals surface area (Å²) in [5.74, 6) is 0. The van der Waals surface area contributed by atoms with E-state index in [0.717, 1.165) is 64.2 Å². The van der Waals surface area contributed by atoms with Gasteiger partial charge in [-0.3, -0.25) is 0 Å². The van der Waals surface area contributed by atoms with Gasteiger partial charge < -0.3 is 0 Å². The highest BCUT2D eigenvalue weighted by molar-refractivity contribution is 7.87. The van der Waals surface area contributed by atoms with Crippen LogP contribution in [0.5, 0.6) is 0 Å². The lowest BCUT2D eigenvalue weighted by Gasteiger charge is -2.35. The third-order valence-corrected chi connectivity index (χ3v) is 10.5. The Morgan fingerprint density at radius 2 is 1.17 bits per heavy atom. The molecule has 0 unspecified atom stereocenters. The van der Waals surface area contributed by atoms with E-state index in [1.165, 1.54) is 25.8 Å². The van der Waals surface area contributed by atoms with E-state index >= 15 is 0 Å². The van der Waals surface area contributed by atoms with Crippen LogP contribution < -0.4 is 4.72 Å². The average molecular weight is 451 g/mol. The van der Waals surface area contributed by atoms with E-state index in [1.807, 2.05) is 0 Å². The lowest BCUT2D eigenvalue weighted by atomic mass is 9.96. The van der Waals surface area contributed by atoms with Crippen molar-refractivity contribution in [2.24, 2.45) is 0 Å². The monoisotopic (exact) mass is 450 g/mol. The van der Waals surface area contributed by atoms with Crippen molar-refractivity contribution in [1.29, 1.82) is 0 Å². The van der Waals surface area contributed by atoms with Crippen molar-refractivity contribution in [2.45, 2.75) is 95.2 Å². The van der Waals surface area contributed by atoms with Gasteiger partial charge in [0.15, 0.2) is 0 Å². The molecule has 0 heterocycles. The summed E-state index contributed by atoms with van der Waals surface area (Å²) in [7, 11) is -3.86. The highest BCUT2D eigenvalue weighted by Crippen LogP contribution is 2.32. The first kappa shape index (κ1) is 23.4. The molecule has 0 aromatic heterocycles. The van der Waals surface area contributed by atoms with Gasteiger partial charge in [-0.1, -0.05) is 38.5 Å². The minimum atomic E-state index is -3.60. The first-order valence-corrected chi connectivity index (χ1v) is 14.0.